The van der Waals surface area contributed by atoms with Gasteiger partial charge in [0.2, 0.25) is 0 Å². The summed E-state index contributed by atoms with van der Waals surface area (Å²) in [6, 6.07) is 2.14. The lowest BCUT2D eigenvalue weighted by Crippen LogP contribution is -2.36. The van der Waals surface area contributed by atoms with E-state index in [0.29, 0.717) is 12.4 Å². The van der Waals surface area contributed by atoms with E-state index in [4.69, 9.17) is 0 Å². The molecule has 0 saturated carbocycles. The van der Waals surface area contributed by atoms with E-state index in [1.807, 2.05) is 11.4 Å². The van der Waals surface area contributed by atoms with Crippen molar-refractivity contribution >= 4 is 32.6 Å². The number of nitrogens with zero attached hydrogens (tertiary/aromatic N) is 4. The minimum Gasteiger partial charge on any atom is -0.385 e. The molecule has 0 aliphatic carbocycles. The molecule has 0 amide bonds. The summed E-state index contributed by atoms with van der Waals surface area (Å²) in [6.45, 7) is 3.68. The molecule has 4 rings (SSSR count). The van der Waals surface area contributed by atoms with Crippen LogP contribution in [0.25, 0.3) is 21.3 Å². The maximum Gasteiger partial charge on any atom is 0.389 e. The predicted molar refractivity (Wildman–Crippen MR) is 104 cm³/mol. The van der Waals surface area contributed by atoms with E-state index in [-0.39, 0.29) is 12.5 Å². The van der Waals surface area contributed by atoms with Gasteiger partial charge in [-0.2, -0.15) is 13.2 Å². The van der Waals surface area contributed by atoms with Gasteiger partial charge in [-0.3, -0.25) is 4.98 Å². The third kappa shape index (κ3) is 3.88. The molecule has 0 bridgehead atoms. The molecule has 1 aliphatic heterocycles. The minimum atomic E-state index is -4.08. The molecule has 4 heterocycles. The summed E-state index contributed by atoms with van der Waals surface area (Å²) in [7, 11) is 0. The molecule has 1 saturated heterocycles. The first-order valence-corrected chi connectivity index (χ1v) is 10.4. The third-order valence-electron chi connectivity index (χ3n) is 5.38. The Hall–Kier alpha value is -1.71. The summed E-state index contributed by atoms with van der Waals surface area (Å²) >= 11 is 1.61. The molecule has 3 aromatic heterocycles. The molecule has 1 fully saturated rings. The van der Waals surface area contributed by atoms with E-state index in [2.05, 4.69) is 19.4 Å². The molecule has 0 radical (unpaired) electrons. The fraction of sp³-hybridized carbons (Fsp3) is 0.579. The van der Waals surface area contributed by atoms with Gasteiger partial charge < -0.3 is 14.6 Å². The van der Waals surface area contributed by atoms with Crippen molar-refractivity contribution in [3.05, 3.63) is 23.5 Å². The Labute approximate surface area is 164 Å². The Kier molecular flexibility index (Phi) is 5.32. The van der Waals surface area contributed by atoms with Crippen LogP contribution < -0.4 is 0 Å². The van der Waals surface area contributed by atoms with Crippen LogP contribution in [0.5, 0.6) is 0 Å². The van der Waals surface area contributed by atoms with E-state index in [0.717, 1.165) is 47.2 Å². The van der Waals surface area contributed by atoms with Crippen molar-refractivity contribution in [1.82, 2.24) is 19.4 Å². The summed E-state index contributed by atoms with van der Waals surface area (Å²) in [6.07, 6.45) is -1.97. The number of imidazole rings is 1. The lowest BCUT2D eigenvalue weighted by Gasteiger charge is -2.34. The number of hydrogen-bond donors (Lipinski definition) is 1. The third-order valence-corrected chi connectivity index (χ3v) is 6.29. The standard InChI is InChI=1S/C19H23F3N4OS/c1-12(27)18-24-15-11-23-14-5-10-28-17(14)16(15)26(18)13-3-8-25(9-4-13)7-2-6-19(20,21)22/h5,10-13,27H,2-4,6-9H2,1H3. The Morgan fingerprint density at radius 3 is 2.71 bits per heavy atom. The van der Waals surface area contributed by atoms with Crippen LogP contribution >= 0.6 is 11.3 Å². The zero-order chi connectivity index (χ0) is 19.9. The predicted octanol–water partition coefficient (Wildman–Crippen LogP) is 4.68. The molecule has 152 valence electrons. The monoisotopic (exact) mass is 412 g/mol. The van der Waals surface area contributed by atoms with Gasteiger partial charge >= 0.3 is 6.18 Å². The van der Waals surface area contributed by atoms with Crippen LogP contribution in [-0.2, 0) is 0 Å². The number of aromatic nitrogens is 3. The number of fused-ring (bicyclic) bond motifs is 3. The number of halogens is 3. The van der Waals surface area contributed by atoms with E-state index >= 15 is 0 Å². The normalized spacial score (nSPS) is 18.3. The minimum absolute atomic E-state index is 0.141. The van der Waals surface area contributed by atoms with Crippen LogP contribution in [0.15, 0.2) is 17.6 Å². The molecular formula is C19H23F3N4OS. The Morgan fingerprint density at radius 2 is 2.04 bits per heavy atom. The van der Waals surface area contributed by atoms with Crippen molar-refractivity contribution in [3.63, 3.8) is 0 Å². The second kappa shape index (κ2) is 7.61. The van der Waals surface area contributed by atoms with Crippen molar-refractivity contribution in [2.75, 3.05) is 19.6 Å². The van der Waals surface area contributed by atoms with Crippen LogP contribution in [-0.4, -0.2) is 50.4 Å². The summed E-state index contributed by atoms with van der Waals surface area (Å²) in [5.74, 6) is 0.633. The molecule has 1 aliphatic rings. The van der Waals surface area contributed by atoms with Gasteiger partial charge in [-0.25, -0.2) is 4.98 Å². The number of likely N-dealkylation sites (tertiary alicyclic amines) is 1. The summed E-state index contributed by atoms with van der Waals surface area (Å²) < 4.78 is 40.3. The summed E-state index contributed by atoms with van der Waals surface area (Å²) in [4.78, 5) is 11.2. The smallest absolute Gasteiger partial charge is 0.385 e. The molecule has 5 nitrogen and oxygen atoms in total. The number of aliphatic hydroxyl groups excluding tert-OH is 1. The van der Waals surface area contributed by atoms with Gasteiger partial charge in [0.15, 0.2) is 0 Å². The van der Waals surface area contributed by atoms with Gasteiger partial charge in [0.05, 0.1) is 21.9 Å². The van der Waals surface area contributed by atoms with Crippen molar-refractivity contribution in [1.29, 1.82) is 0 Å². The fourth-order valence-corrected chi connectivity index (χ4v) is 4.95. The second-order valence-corrected chi connectivity index (χ2v) is 8.35. The first-order chi connectivity index (χ1) is 13.3. The first kappa shape index (κ1) is 19.6. The number of pyridine rings is 1. The van der Waals surface area contributed by atoms with Crippen molar-refractivity contribution < 1.29 is 18.3 Å². The first-order valence-electron chi connectivity index (χ1n) is 9.54. The zero-order valence-electron chi connectivity index (χ0n) is 15.6. The van der Waals surface area contributed by atoms with E-state index in [9.17, 15) is 18.3 Å². The number of hydrogen-bond acceptors (Lipinski definition) is 5. The van der Waals surface area contributed by atoms with Crippen molar-refractivity contribution in [2.24, 2.45) is 0 Å². The summed E-state index contributed by atoms with van der Waals surface area (Å²) in [5, 5.41) is 12.3. The number of aliphatic hydroxyl groups is 1. The molecule has 9 heteroatoms. The van der Waals surface area contributed by atoms with Gasteiger partial charge in [-0.1, -0.05) is 0 Å². The molecule has 0 aromatic carbocycles. The Bertz CT molecular complexity index is 957. The number of piperidine rings is 1. The maximum atomic E-state index is 12.4. The number of alkyl halides is 3. The number of rotatable bonds is 5. The molecule has 3 aromatic rings. The van der Waals surface area contributed by atoms with Crippen LogP contribution in [0.2, 0.25) is 0 Å². The molecule has 1 atom stereocenters. The largest absolute Gasteiger partial charge is 0.389 e. The van der Waals surface area contributed by atoms with Gasteiger partial charge in [0.25, 0.3) is 0 Å². The van der Waals surface area contributed by atoms with E-state index in [1.54, 1.807) is 24.5 Å². The quantitative estimate of drug-likeness (QED) is 0.661. The second-order valence-electron chi connectivity index (χ2n) is 7.43. The summed E-state index contributed by atoms with van der Waals surface area (Å²) in [5.41, 5.74) is 2.70. The van der Waals surface area contributed by atoms with E-state index in [1.165, 1.54) is 0 Å². The van der Waals surface area contributed by atoms with Crippen molar-refractivity contribution in [2.45, 2.75) is 50.9 Å². The lowest BCUT2D eigenvalue weighted by atomic mass is 10.0. The highest BCUT2D eigenvalue weighted by Gasteiger charge is 2.29. The maximum absolute atomic E-state index is 12.4. The number of thiophene rings is 1. The molecule has 1 unspecified atom stereocenters. The molecular weight excluding hydrogens is 389 g/mol. The molecule has 0 spiro atoms. The fourth-order valence-electron chi connectivity index (χ4n) is 4.06. The SMILES string of the molecule is CC(O)c1nc2cnc3ccsc3c2n1C1CCN(CCCC(F)(F)F)CC1. The highest BCUT2D eigenvalue weighted by atomic mass is 32.1. The van der Waals surface area contributed by atoms with Gasteiger partial charge in [-0.15, -0.1) is 11.3 Å². The van der Waals surface area contributed by atoms with Crippen LogP contribution in [0, 0.1) is 0 Å². The van der Waals surface area contributed by atoms with Gasteiger partial charge in [0, 0.05) is 25.6 Å². The average molecular weight is 412 g/mol. The topological polar surface area (TPSA) is 54.2 Å². The van der Waals surface area contributed by atoms with Crippen LogP contribution in [0.4, 0.5) is 13.2 Å². The van der Waals surface area contributed by atoms with Gasteiger partial charge in [0.1, 0.15) is 17.4 Å². The molecule has 28 heavy (non-hydrogen) atoms. The Balaban J connectivity index is 1.56. The Morgan fingerprint density at radius 1 is 1.29 bits per heavy atom. The van der Waals surface area contributed by atoms with E-state index < -0.39 is 18.7 Å². The lowest BCUT2D eigenvalue weighted by molar-refractivity contribution is -0.136. The van der Waals surface area contributed by atoms with Crippen molar-refractivity contribution in [3.8, 4) is 0 Å². The highest BCUT2D eigenvalue weighted by molar-refractivity contribution is 7.18. The van der Waals surface area contributed by atoms with Crippen LogP contribution in [0.3, 0.4) is 0 Å². The molecule has 1 N–H and O–H groups in total. The van der Waals surface area contributed by atoms with Gasteiger partial charge in [-0.05, 0) is 44.2 Å². The van der Waals surface area contributed by atoms with Crippen LogP contribution in [0.1, 0.15) is 50.6 Å². The zero-order valence-corrected chi connectivity index (χ0v) is 16.4. The average Bonchev–Trinajstić information content (AvgIpc) is 3.25. The highest BCUT2D eigenvalue weighted by Crippen LogP contribution is 2.36.